The van der Waals surface area contributed by atoms with Gasteiger partial charge in [0.25, 0.3) is 0 Å². The smallest absolute Gasteiger partial charge is 0.192 e. The Balaban J connectivity index is 2.50. The van der Waals surface area contributed by atoms with Crippen molar-refractivity contribution in [3.63, 3.8) is 0 Å². The van der Waals surface area contributed by atoms with Gasteiger partial charge in [0.1, 0.15) is 11.1 Å². The van der Waals surface area contributed by atoms with Crippen LogP contribution in [0.1, 0.15) is 29.6 Å². The highest BCUT2D eigenvalue weighted by molar-refractivity contribution is 7.92. The average molecular weight is 329 g/mol. The first-order valence-electron chi connectivity index (χ1n) is 6.36. The summed E-state index contributed by atoms with van der Waals surface area (Å²) in [5, 5.41) is -0.677. The maximum atomic E-state index is 12.5. The number of benzene rings is 1. The molecule has 0 N–H and O–H groups in total. The van der Waals surface area contributed by atoms with Gasteiger partial charge in [0, 0.05) is 18.4 Å². The molecule has 0 unspecified atom stereocenters. The number of alkyl halides is 1. The Bertz CT molecular complexity index is 692. The first-order chi connectivity index (χ1) is 9.88. The molecule has 1 aliphatic carbocycles. The van der Waals surface area contributed by atoms with Gasteiger partial charge in [0.05, 0.1) is 4.90 Å². The molecular formula is C14H13ClO5S. The lowest BCUT2D eigenvalue weighted by atomic mass is 9.82. The van der Waals surface area contributed by atoms with E-state index >= 15 is 0 Å². The van der Waals surface area contributed by atoms with E-state index in [0.717, 1.165) is 0 Å². The van der Waals surface area contributed by atoms with Gasteiger partial charge in [0.15, 0.2) is 27.2 Å². The van der Waals surface area contributed by atoms with E-state index in [1.54, 1.807) is 0 Å². The van der Waals surface area contributed by atoms with Crippen LogP contribution < -0.4 is 0 Å². The normalized spacial score (nSPS) is 17.0. The Hall–Kier alpha value is -1.53. The first-order valence-corrected chi connectivity index (χ1v) is 8.54. The highest BCUT2D eigenvalue weighted by atomic mass is 35.5. The fraction of sp³-hybridized carbons (Fsp3) is 0.357. The molecule has 21 heavy (non-hydrogen) atoms. The lowest BCUT2D eigenvalue weighted by Crippen LogP contribution is -2.35. The Kier molecular flexibility index (Phi) is 4.58. The number of sulfone groups is 1. The highest BCUT2D eigenvalue weighted by Crippen LogP contribution is 2.26. The highest BCUT2D eigenvalue weighted by Gasteiger charge is 2.38. The maximum Gasteiger partial charge on any atom is 0.192 e. The summed E-state index contributed by atoms with van der Waals surface area (Å²) in [4.78, 5) is 35.9. The minimum Gasteiger partial charge on any atom is -0.298 e. The predicted octanol–water partition coefficient (Wildman–Crippen LogP) is 1.78. The Morgan fingerprint density at radius 1 is 1.14 bits per heavy atom. The van der Waals surface area contributed by atoms with Crippen LogP contribution in [0.3, 0.4) is 0 Å². The minimum absolute atomic E-state index is 0.147. The Morgan fingerprint density at radius 3 is 2.29 bits per heavy atom. The number of ketones is 3. The molecule has 2 rings (SSSR count). The Labute approximate surface area is 127 Å². The molecule has 5 nitrogen and oxygen atoms in total. The molecule has 1 saturated carbocycles. The molecule has 0 spiro atoms. The number of hydrogen-bond acceptors (Lipinski definition) is 5. The fourth-order valence-electron chi connectivity index (χ4n) is 2.35. The third kappa shape index (κ3) is 3.06. The van der Waals surface area contributed by atoms with Crippen molar-refractivity contribution in [3.8, 4) is 0 Å². The van der Waals surface area contributed by atoms with Crippen LogP contribution in [-0.4, -0.2) is 31.0 Å². The second-order valence-electron chi connectivity index (χ2n) is 4.80. The standard InChI is InChI=1S/C14H13ClO5S/c15-8-21(19,20)12-7-2-1-4-9(12)14(18)13-10(16)5-3-6-11(13)17/h1-2,4,7,13H,3,5-6,8H2. The van der Waals surface area contributed by atoms with E-state index in [4.69, 9.17) is 11.6 Å². The van der Waals surface area contributed by atoms with Crippen molar-refractivity contribution in [2.24, 2.45) is 5.92 Å². The van der Waals surface area contributed by atoms with Gasteiger partial charge in [-0.15, -0.1) is 11.6 Å². The van der Waals surface area contributed by atoms with E-state index < -0.39 is 38.3 Å². The zero-order chi connectivity index (χ0) is 15.6. The van der Waals surface area contributed by atoms with Crippen molar-refractivity contribution in [1.29, 1.82) is 0 Å². The van der Waals surface area contributed by atoms with Gasteiger partial charge in [0.2, 0.25) is 0 Å². The van der Waals surface area contributed by atoms with Crippen molar-refractivity contribution >= 4 is 38.8 Å². The summed E-state index contributed by atoms with van der Waals surface area (Å²) in [6.07, 6.45) is 0.752. The lowest BCUT2D eigenvalue weighted by molar-refractivity contribution is -0.133. The van der Waals surface area contributed by atoms with Crippen molar-refractivity contribution in [1.82, 2.24) is 0 Å². The van der Waals surface area contributed by atoms with Gasteiger partial charge < -0.3 is 0 Å². The van der Waals surface area contributed by atoms with Gasteiger partial charge in [-0.25, -0.2) is 8.42 Å². The molecule has 1 aliphatic rings. The van der Waals surface area contributed by atoms with E-state index in [0.29, 0.717) is 6.42 Å². The predicted molar refractivity (Wildman–Crippen MR) is 76.0 cm³/mol. The summed E-state index contributed by atoms with van der Waals surface area (Å²) in [5.41, 5.74) is -0.147. The molecule has 0 aromatic heterocycles. The van der Waals surface area contributed by atoms with Gasteiger partial charge in [-0.3, -0.25) is 14.4 Å². The van der Waals surface area contributed by atoms with Crippen molar-refractivity contribution in [2.75, 3.05) is 5.21 Å². The fourth-order valence-corrected chi connectivity index (χ4v) is 3.61. The van der Waals surface area contributed by atoms with E-state index in [1.807, 2.05) is 0 Å². The minimum atomic E-state index is -3.83. The molecule has 0 heterocycles. The topological polar surface area (TPSA) is 85.3 Å². The van der Waals surface area contributed by atoms with E-state index in [1.165, 1.54) is 24.3 Å². The maximum absolute atomic E-state index is 12.5. The Morgan fingerprint density at radius 2 is 1.71 bits per heavy atom. The van der Waals surface area contributed by atoms with Gasteiger partial charge in [-0.2, -0.15) is 0 Å². The summed E-state index contributed by atoms with van der Waals surface area (Å²) in [5.74, 6) is -3.04. The van der Waals surface area contributed by atoms with Crippen LogP contribution in [0.25, 0.3) is 0 Å². The molecule has 0 atom stereocenters. The monoisotopic (exact) mass is 328 g/mol. The summed E-state index contributed by atoms with van der Waals surface area (Å²) in [6.45, 7) is 0. The largest absolute Gasteiger partial charge is 0.298 e. The molecule has 0 bridgehead atoms. The zero-order valence-corrected chi connectivity index (χ0v) is 12.6. The molecule has 7 heteroatoms. The van der Waals surface area contributed by atoms with Crippen LogP contribution in [0.5, 0.6) is 0 Å². The molecule has 0 radical (unpaired) electrons. The van der Waals surface area contributed by atoms with Gasteiger partial charge in [-0.05, 0) is 12.5 Å². The number of carbonyl (C=O) groups excluding carboxylic acids is 3. The SMILES string of the molecule is O=C1CCCC(=O)C1C(=O)c1ccccc1S(=O)(=O)CCl. The van der Waals surface area contributed by atoms with Crippen LogP contribution >= 0.6 is 11.6 Å². The summed E-state index contributed by atoms with van der Waals surface area (Å²) < 4.78 is 23.8. The molecule has 1 aromatic carbocycles. The molecule has 1 aromatic rings. The second-order valence-corrected chi connectivity index (χ2v) is 7.35. The van der Waals surface area contributed by atoms with Gasteiger partial charge in [-0.1, -0.05) is 18.2 Å². The number of Topliss-reactive ketones (excluding diaryl/α,β-unsaturated/α-hetero) is 3. The quantitative estimate of drug-likeness (QED) is 0.478. The molecule has 1 fully saturated rings. The van der Waals surface area contributed by atoms with Crippen molar-refractivity contribution in [3.05, 3.63) is 29.8 Å². The number of halogens is 1. The third-order valence-electron chi connectivity index (χ3n) is 3.38. The van der Waals surface area contributed by atoms with Crippen LogP contribution in [0.15, 0.2) is 29.2 Å². The number of hydrogen-bond donors (Lipinski definition) is 0. The number of carbonyl (C=O) groups is 3. The third-order valence-corrected chi connectivity index (χ3v) is 5.56. The van der Waals surface area contributed by atoms with Crippen molar-refractivity contribution in [2.45, 2.75) is 24.2 Å². The first kappa shape index (κ1) is 15.9. The van der Waals surface area contributed by atoms with Crippen molar-refractivity contribution < 1.29 is 22.8 Å². The van der Waals surface area contributed by atoms with Crippen LogP contribution in [0.2, 0.25) is 0 Å². The van der Waals surface area contributed by atoms with Crippen LogP contribution in [-0.2, 0) is 19.4 Å². The summed E-state index contributed by atoms with van der Waals surface area (Å²) in [7, 11) is -3.83. The van der Waals surface area contributed by atoms with Gasteiger partial charge >= 0.3 is 0 Å². The lowest BCUT2D eigenvalue weighted by Gasteiger charge is -2.19. The molecular weight excluding hydrogens is 316 g/mol. The average Bonchev–Trinajstić information content (AvgIpc) is 2.47. The summed E-state index contributed by atoms with van der Waals surface area (Å²) >= 11 is 5.41. The summed E-state index contributed by atoms with van der Waals surface area (Å²) in [6, 6.07) is 5.50. The van der Waals surface area contributed by atoms with Crippen LogP contribution in [0.4, 0.5) is 0 Å². The van der Waals surface area contributed by atoms with E-state index in [2.05, 4.69) is 0 Å². The van der Waals surface area contributed by atoms with E-state index in [9.17, 15) is 22.8 Å². The van der Waals surface area contributed by atoms with Crippen LogP contribution in [0, 0.1) is 5.92 Å². The zero-order valence-electron chi connectivity index (χ0n) is 11.0. The molecule has 112 valence electrons. The number of rotatable bonds is 4. The van der Waals surface area contributed by atoms with E-state index in [-0.39, 0.29) is 23.3 Å². The molecule has 0 saturated heterocycles. The molecule has 0 aliphatic heterocycles. The second kappa shape index (κ2) is 6.07. The molecule has 0 amide bonds.